The quantitative estimate of drug-likeness (QED) is 0.689. The van der Waals surface area contributed by atoms with Crippen molar-refractivity contribution in [2.24, 2.45) is 0 Å². The smallest absolute Gasteiger partial charge is 0.124 e. The lowest BCUT2D eigenvalue weighted by atomic mass is 10.2. The highest BCUT2D eigenvalue weighted by Crippen LogP contribution is 2.22. The van der Waals surface area contributed by atoms with Gasteiger partial charge in [0.2, 0.25) is 0 Å². The Balaban J connectivity index is 2.61. The van der Waals surface area contributed by atoms with Crippen molar-refractivity contribution in [1.82, 2.24) is 0 Å². The van der Waals surface area contributed by atoms with Crippen LogP contribution in [0.2, 0.25) is 0 Å². The summed E-state index contributed by atoms with van der Waals surface area (Å²) in [6, 6.07) is 7.13. The molecule has 0 aliphatic rings. The van der Waals surface area contributed by atoms with Gasteiger partial charge < -0.3 is 14.2 Å². The van der Waals surface area contributed by atoms with Crippen molar-refractivity contribution in [2.75, 3.05) is 26.9 Å². The Morgan fingerprint density at radius 3 is 2.56 bits per heavy atom. The van der Waals surface area contributed by atoms with Gasteiger partial charge in [-0.3, -0.25) is 0 Å². The van der Waals surface area contributed by atoms with E-state index in [-0.39, 0.29) is 0 Å². The number of hydrogen-bond donors (Lipinski definition) is 0. The molecule has 0 heterocycles. The highest BCUT2D eigenvalue weighted by atomic mass is 16.5. The Morgan fingerprint density at radius 1 is 1.19 bits per heavy atom. The Bertz CT molecular complexity index is 371. The van der Waals surface area contributed by atoms with Gasteiger partial charge in [-0.05, 0) is 19.1 Å². The van der Waals surface area contributed by atoms with Crippen molar-refractivity contribution in [1.29, 1.82) is 5.26 Å². The minimum Gasteiger partial charge on any atom is -0.497 e. The molecule has 0 aliphatic heterocycles. The molecule has 0 spiro atoms. The highest BCUT2D eigenvalue weighted by molar-refractivity contribution is 5.43. The molecule has 0 unspecified atom stereocenters. The summed E-state index contributed by atoms with van der Waals surface area (Å²) in [6.07, 6.45) is 0. The van der Waals surface area contributed by atoms with Gasteiger partial charge in [0.25, 0.3) is 0 Å². The van der Waals surface area contributed by atoms with E-state index in [9.17, 15) is 0 Å². The lowest BCUT2D eigenvalue weighted by Gasteiger charge is -2.08. The molecule has 0 aliphatic carbocycles. The molecule has 0 amide bonds. The predicted octanol–water partition coefficient (Wildman–Crippen LogP) is 1.98. The van der Waals surface area contributed by atoms with E-state index in [1.807, 2.05) is 6.92 Å². The Hall–Kier alpha value is -1.73. The van der Waals surface area contributed by atoms with E-state index in [2.05, 4.69) is 6.07 Å². The molecule has 86 valence electrons. The zero-order valence-corrected chi connectivity index (χ0v) is 9.53. The van der Waals surface area contributed by atoms with Crippen molar-refractivity contribution in [2.45, 2.75) is 6.92 Å². The summed E-state index contributed by atoms with van der Waals surface area (Å²) in [7, 11) is 1.56. The standard InChI is InChI=1S/C12H15NO3/c1-3-15-4-5-16-12-7-10(9-13)6-11(8-12)14-2/h6-8H,3-5H2,1-2H3. The maximum Gasteiger partial charge on any atom is 0.124 e. The van der Waals surface area contributed by atoms with Crippen LogP contribution in [0.25, 0.3) is 0 Å². The maximum absolute atomic E-state index is 8.81. The molecule has 0 saturated carbocycles. The summed E-state index contributed by atoms with van der Waals surface area (Å²) < 4.78 is 15.6. The topological polar surface area (TPSA) is 51.5 Å². The molecule has 0 saturated heterocycles. The van der Waals surface area contributed by atoms with Gasteiger partial charge in [-0.15, -0.1) is 0 Å². The number of hydrogen-bond acceptors (Lipinski definition) is 4. The second-order valence-corrected chi connectivity index (χ2v) is 3.05. The first-order valence-electron chi connectivity index (χ1n) is 5.10. The van der Waals surface area contributed by atoms with E-state index in [1.54, 1.807) is 25.3 Å². The van der Waals surface area contributed by atoms with Crippen LogP contribution in [0.1, 0.15) is 12.5 Å². The predicted molar refractivity (Wildman–Crippen MR) is 59.7 cm³/mol. The molecule has 0 atom stereocenters. The summed E-state index contributed by atoms with van der Waals surface area (Å²) in [5.41, 5.74) is 0.519. The monoisotopic (exact) mass is 221 g/mol. The van der Waals surface area contributed by atoms with Crippen LogP contribution < -0.4 is 9.47 Å². The van der Waals surface area contributed by atoms with E-state index in [0.29, 0.717) is 36.9 Å². The number of ether oxygens (including phenoxy) is 3. The van der Waals surface area contributed by atoms with Gasteiger partial charge in [-0.25, -0.2) is 0 Å². The molecule has 0 fully saturated rings. The summed E-state index contributed by atoms with van der Waals surface area (Å²) in [4.78, 5) is 0. The first-order valence-corrected chi connectivity index (χ1v) is 5.10. The molecule has 0 bridgehead atoms. The maximum atomic E-state index is 8.81. The third-order valence-electron chi connectivity index (χ3n) is 1.95. The van der Waals surface area contributed by atoms with Crippen LogP contribution >= 0.6 is 0 Å². The molecule has 4 nitrogen and oxygen atoms in total. The van der Waals surface area contributed by atoms with Gasteiger partial charge in [0, 0.05) is 12.7 Å². The van der Waals surface area contributed by atoms with E-state index in [0.717, 1.165) is 0 Å². The molecule has 1 aromatic carbocycles. The van der Waals surface area contributed by atoms with Crippen molar-refractivity contribution < 1.29 is 14.2 Å². The van der Waals surface area contributed by atoms with E-state index in [1.165, 1.54) is 0 Å². The molecule has 16 heavy (non-hydrogen) atoms. The van der Waals surface area contributed by atoms with Gasteiger partial charge in [0.15, 0.2) is 0 Å². The first kappa shape index (κ1) is 12.3. The normalized spacial score (nSPS) is 9.56. The van der Waals surface area contributed by atoms with Gasteiger partial charge in [-0.2, -0.15) is 5.26 Å². The number of benzene rings is 1. The number of nitrogens with zero attached hydrogens (tertiary/aromatic N) is 1. The summed E-state index contributed by atoms with van der Waals surface area (Å²) in [5.74, 6) is 1.24. The van der Waals surface area contributed by atoms with Gasteiger partial charge in [0.05, 0.1) is 25.3 Å². The van der Waals surface area contributed by atoms with Crippen LogP contribution in [0.4, 0.5) is 0 Å². The average molecular weight is 221 g/mol. The average Bonchev–Trinajstić information content (AvgIpc) is 2.34. The fraction of sp³-hybridized carbons (Fsp3) is 0.417. The second-order valence-electron chi connectivity index (χ2n) is 3.05. The fourth-order valence-electron chi connectivity index (χ4n) is 1.20. The Morgan fingerprint density at radius 2 is 1.94 bits per heavy atom. The van der Waals surface area contributed by atoms with Gasteiger partial charge >= 0.3 is 0 Å². The summed E-state index contributed by atoms with van der Waals surface area (Å²) >= 11 is 0. The number of methoxy groups -OCH3 is 1. The van der Waals surface area contributed by atoms with Crippen molar-refractivity contribution in [3.63, 3.8) is 0 Å². The van der Waals surface area contributed by atoms with Crippen LogP contribution in [0, 0.1) is 11.3 Å². The zero-order valence-electron chi connectivity index (χ0n) is 9.53. The van der Waals surface area contributed by atoms with E-state index in [4.69, 9.17) is 19.5 Å². The highest BCUT2D eigenvalue weighted by Gasteiger charge is 2.01. The SMILES string of the molecule is CCOCCOc1cc(C#N)cc(OC)c1. The minimum absolute atomic E-state index is 0.464. The van der Waals surface area contributed by atoms with Crippen LogP contribution in [-0.2, 0) is 4.74 Å². The van der Waals surface area contributed by atoms with Gasteiger partial charge in [-0.1, -0.05) is 0 Å². The lowest BCUT2D eigenvalue weighted by Crippen LogP contribution is -2.06. The van der Waals surface area contributed by atoms with Crippen LogP contribution in [0.15, 0.2) is 18.2 Å². The summed E-state index contributed by atoms with van der Waals surface area (Å²) in [5, 5.41) is 8.81. The fourth-order valence-corrected chi connectivity index (χ4v) is 1.20. The molecular formula is C12H15NO3. The number of rotatable bonds is 6. The first-order chi connectivity index (χ1) is 7.80. The molecule has 0 radical (unpaired) electrons. The Labute approximate surface area is 95.4 Å². The molecular weight excluding hydrogens is 206 g/mol. The third kappa shape index (κ3) is 3.79. The largest absolute Gasteiger partial charge is 0.497 e. The van der Waals surface area contributed by atoms with Crippen LogP contribution in [0.3, 0.4) is 0 Å². The molecule has 0 aromatic heterocycles. The van der Waals surface area contributed by atoms with Gasteiger partial charge in [0.1, 0.15) is 18.1 Å². The van der Waals surface area contributed by atoms with E-state index < -0.39 is 0 Å². The summed E-state index contributed by atoms with van der Waals surface area (Å²) in [6.45, 7) is 3.60. The molecule has 0 N–H and O–H groups in total. The van der Waals surface area contributed by atoms with Crippen LogP contribution in [0.5, 0.6) is 11.5 Å². The van der Waals surface area contributed by atoms with Crippen molar-refractivity contribution in [3.05, 3.63) is 23.8 Å². The third-order valence-corrected chi connectivity index (χ3v) is 1.95. The molecule has 1 rings (SSSR count). The minimum atomic E-state index is 0.464. The van der Waals surface area contributed by atoms with E-state index >= 15 is 0 Å². The molecule has 4 heteroatoms. The number of nitriles is 1. The van der Waals surface area contributed by atoms with Crippen molar-refractivity contribution in [3.8, 4) is 17.6 Å². The van der Waals surface area contributed by atoms with Crippen LogP contribution in [-0.4, -0.2) is 26.9 Å². The second kappa shape index (κ2) is 6.70. The lowest BCUT2D eigenvalue weighted by molar-refractivity contribution is 0.110. The Kier molecular flexibility index (Phi) is 5.17. The zero-order chi connectivity index (χ0) is 11.8. The van der Waals surface area contributed by atoms with Crippen molar-refractivity contribution >= 4 is 0 Å². The molecule has 1 aromatic rings.